The second kappa shape index (κ2) is 13.3. The first-order chi connectivity index (χ1) is 30.9. The van der Waals surface area contributed by atoms with E-state index in [1.54, 1.807) is 0 Å². The molecule has 4 heteroatoms. The summed E-state index contributed by atoms with van der Waals surface area (Å²) < 4.78 is 0. The van der Waals surface area contributed by atoms with E-state index in [0.717, 1.165) is 32.1 Å². The zero-order valence-electron chi connectivity index (χ0n) is 38.4. The van der Waals surface area contributed by atoms with Crippen LogP contribution in [0.3, 0.4) is 0 Å². The van der Waals surface area contributed by atoms with Crippen molar-refractivity contribution in [1.29, 1.82) is 0 Å². The molecule has 0 saturated heterocycles. The quantitative estimate of drug-likeness (QED) is 0.164. The summed E-state index contributed by atoms with van der Waals surface area (Å²) in [6.07, 6.45) is 9.28. The van der Waals surface area contributed by atoms with Gasteiger partial charge < -0.3 is 14.7 Å². The summed E-state index contributed by atoms with van der Waals surface area (Å²) in [5, 5.41) is 0. The molecule has 0 N–H and O–H groups in total. The third-order valence-electron chi connectivity index (χ3n) is 16.9. The molecular weight excluding hydrogens is 773 g/mol. The van der Waals surface area contributed by atoms with Crippen molar-refractivity contribution in [3.8, 4) is 11.1 Å². The Balaban J connectivity index is 1.12. The maximum Gasteiger partial charge on any atom is 0.252 e. The molecule has 7 aromatic rings. The van der Waals surface area contributed by atoms with Gasteiger partial charge >= 0.3 is 0 Å². The third-order valence-corrected chi connectivity index (χ3v) is 16.9. The Morgan fingerprint density at radius 1 is 0.422 bits per heavy atom. The lowest BCUT2D eigenvalue weighted by atomic mass is 9.33. The van der Waals surface area contributed by atoms with E-state index in [2.05, 4.69) is 202 Å². The Hall–Kier alpha value is -6.00. The molecule has 1 fully saturated rings. The normalized spacial score (nSPS) is 22.6. The maximum atomic E-state index is 2.82. The number of benzene rings is 7. The van der Waals surface area contributed by atoms with Gasteiger partial charge in [-0.15, -0.1) is 0 Å². The summed E-state index contributed by atoms with van der Waals surface area (Å²) in [6.45, 7) is 15.0. The second-order valence-corrected chi connectivity index (χ2v) is 22.3. The molecule has 6 aliphatic rings. The fourth-order valence-electron chi connectivity index (χ4n) is 13.9. The minimum absolute atomic E-state index is 0.0147. The lowest BCUT2D eigenvalue weighted by molar-refractivity contribution is 0.195. The number of fused-ring (bicyclic) bond motifs is 9. The number of nitrogens with zero attached hydrogens (tertiary/aromatic N) is 3. The Morgan fingerprint density at radius 2 is 1.05 bits per heavy atom. The molecule has 3 aliphatic heterocycles. The van der Waals surface area contributed by atoms with Crippen LogP contribution in [-0.2, 0) is 31.1 Å². The number of anilines is 8. The van der Waals surface area contributed by atoms with E-state index in [1.165, 1.54) is 120 Å². The molecule has 0 radical (unpaired) electrons. The summed E-state index contributed by atoms with van der Waals surface area (Å²) >= 11 is 0. The van der Waals surface area contributed by atoms with Crippen LogP contribution in [0, 0.1) is 10.8 Å². The summed E-state index contributed by atoms with van der Waals surface area (Å²) in [5.41, 5.74) is 25.1. The van der Waals surface area contributed by atoms with Crippen molar-refractivity contribution in [1.82, 2.24) is 0 Å². The van der Waals surface area contributed by atoms with Crippen molar-refractivity contribution in [2.45, 2.75) is 104 Å². The van der Waals surface area contributed by atoms with Crippen LogP contribution in [0.1, 0.15) is 95.0 Å². The van der Waals surface area contributed by atoms with Crippen LogP contribution in [0.15, 0.2) is 146 Å². The molecule has 0 bridgehead atoms. The van der Waals surface area contributed by atoms with Crippen molar-refractivity contribution < 1.29 is 0 Å². The molecule has 7 aromatic carbocycles. The van der Waals surface area contributed by atoms with Gasteiger partial charge in [-0.3, -0.25) is 0 Å². The molecule has 13 rings (SSSR count). The van der Waals surface area contributed by atoms with Gasteiger partial charge in [-0.05, 0) is 172 Å². The average Bonchev–Trinajstić information content (AvgIpc) is 3.85. The highest BCUT2D eigenvalue weighted by Gasteiger charge is 2.58. The minimum atomic E-state index is -0.115. The number of para-hydroxylation sites is 2. The molecule has 64 heavy (non-hydrogen) atoms. The van der Waals surface area contributed by atoms with Crippen molar-refractivity contribution in [2.75, 3.05) is 14.7 Å². The van der Waals surface area contributed by atoms with E-state index < -0.39 is 0 Å². The zero-order valence-corrected chi connectivity index (χ0v) is 38.4. The molecule has 0 amide bonds. The smallest absolute Gasteiger partial charge is 0.252 e. The Morgan fingerprint density at radius 3 is 1.80 bits per heavy atom. The summed E-state index contributed by atoms with van der Waals surface area (Å²) in [6, 6.07) is 56.8. The van der Waals surface area contributed by atoms with Crippen LogP contribution in [0.25, 0.3) is 11.1 Å². The highest BCUT2D eigenvalue weighted by molar-refractivity contribution is 7.00. The maximum absolute atomic E-state index is 2.82. The largest absolute Gasteiger partial charge is 0.334 e. The van der Waals surface area contributed by atoms with Gasteiger partial charge in [0.1, 0.15) is 0 Å². The molecule has 0 spiro atoms. The van der Waals surface area contributed by atoms with E-state index in [0.29, 0.717) is 0 Å². The number of hydrogen-bond donors (Lipinski definition) is 0. The summed E-state index contributed by atoms with van der Waals surface area (Å²) in [5.74, 6) is 0. The zero-order chi connectivity index (χ0) is 43.3. The van der Waals surface area contributed by atoms with Gasteiger partial charge in [-0.25, -0.2) is 0 Å². The highest BCUT2D eigenvalue weighted by Crippen LogP contribution is 2.62. The van der Waals surface area contributed by atoms with Gasteiger partial charge in [0.25, 0.3) is 6.71 Å². The van der Waals surface area contributed by atoms with Gasteiger partial charge in [-0.1, -0.05) is 132 Å². The van der Waals surface area contributed by atoms with Gasteiger partial charge in [0, 0.05) is 50.9 Å². The molecule has 3 heterocycles. The summed E-state index contributed by atoms with van der Waals surface area (Å²) in [7, 11) is 0. The molecule has 0 aromatic heterocycles. The average molecular weight is 832 g/mol. The topological polar surface area (TPSA) is 9.72 Å². The van der Waals surface area contributed by atoms with Crippen molar-refractivity contribution in [3.63, 3.8) is 0 Å². The summed E-state index contributed by atoms with van der Waals surface area (Å²) in [4.78, 5) is 8.12. The van der Waals surface area contributed by atoms with Crippen LogP contribution < -0.4 is 31.1 Å². The molecule has 3 nitrogen and oxygen atoms in total. The van der Waals surface area contributed by atoms with E-state index in [-0.39, 0.29) is 28.5 Å². The molecular formula is C60H58BN3. The van der Waals surface area contributed by atoms with Crippen LogP contribution in [0.5, 0.6) is 0 Å². The second-order valence-electron chi connectivity index (χ2n) is 22.3. The molecule has 1 saturated carbocycles. The molecule has 2 unspecified atom stereocenters. The predicted octanol–water partition coefficient (Wildman–Crippen LogP) is 13.4. The SMILES string of the molecule is CC1(C)Cc2ccc(N3c4cc5c(cc4B4c6ccccc6N(c6ccccc6)c6cc(N7c8ccc(-c9ccccc9)cc8C8(C)CCCCC78C)cc3c64)CC(C)(C)C5)cc2C1. The number of hydrogen-bond acceptors (Lipinski definition) is 3. The van der Waals surface area contributed by atoms with Gasteiger partial charge in [0.15, 0.2) is 0 Å². The van der Waals surface area contributed by atoms with E-state index in [1.807, 2.05) is 0 Å². The first-order valence-electron chi connectivity index (χ1n) is 24.1. The minimum Gasteiger partial charge on any atom is -0.334 e. The lowest BCUT2D eigenvalue weighted by Crippen LogP contribution is -2.61. The van der Waals surface area contributed by atoms with Gasteiger partial charge in [0.2, 0.25) is 0 Å². The monoisotopic (exact) mass is 831 g/mol. The first kappa shape index (κ1) is 38.5. The first-order valence-corrected chi connectivity index (χ1v) is 24.1. The van der Waals surface area contributed by atoms with Crippen LogP contribution >= 0.6 is 0 Å². The highest BCUT2D eigenvalue weighted by atomic mass is 15.3. The van der Waals surface area contributed by atoms with Crippen LogP contribution in [-0.4, -0.2) is 12.3 Å². The molecule has 2 atom stereocenters. The van der Waals surface area contributed by atoms with Crippen LogP contribution in [0.4, 0.5) is 45.5 Å². The van der Waals surface area contributed by atoms with Crippen molar-refractivity contribution >= 4 is 68.6 Å². The van der Waals surface area contributed by atoms with Crippen LogP contribution in [0.2, 0.25) is 0 Å². The third kappa shape index (κ3) is 5.41. The standard InChI is InChI=1S/C60H58BN3/c1-57(2)35-41-23-25-46(29-42(41)36-57)63-53-32-44-38-58(3,4)37-43(44)31-50(53)61-49-21-13-14-22-52(49)62(45-19-11-8-12-20-45)54-33-47(34-55(63)56(54)61)64-51-26-24-40(39-17-9-7-10-18-39)30-48(51)59(5)27-15-16-28-60(59,64)6/h7-14,17-26,29-34H,15-16,27-28,35-38H2,1-6H3. The molecule has 316 valence electrons. The lowest BCUT2D eigenvalue weighted by Gasteiger charge is -2.51. The van der Waals surface area contributed by atoms with E-state index >= 15 is 0 Å². The Kier molecular flexibility index (Phi) is 7.98. The fourth-order valence-corrected chi connectivity index (χ4v) is 13.9. The van der Waals surface area contributed by atoms with E-state index in [9.17, 15) is 0 Å². The Bertz CT molecular complexity index is 3080. The van der Waals surface area contributed by atoms with Crippen molar-refractivity contribution in [3.05, 3.63) is 173 Å². The molecule has 3 aliphatic carbocycles. The predicted molar refractivity (Wildman–Crippen MR) is 271 cm³/mol. The van der Waals surface area contributed by atoms with E-state index in [4.69, 9.17) is 0 Å². The van der Waals surface area contributed by atoms with Gasteiger partial charge in [-0.2, -0.15) is 0 Å². The number of rotatable bonds is 4. The van der Waals surface area contributed by atoms with Crippen molar-refractivity contribution in [2.24, 2.45) is 10.8 Å². The Labute approximate surface area is 380 Å². The fraction of sp³-hybridized carbons (Fsp3) is 0.300. The van der Waals surface area contributed by atoms with Gasteiger partial charge in [0.05, 0.1) is 5.54 Å².